The molecular formula is C9H16N8S. The van der Waals surface area contributed by atoms with Crippen LogP contribution in [0.15, 0.2) is 11.5 Å². The molecule has 2 aromatic heterocycles. The lowest BCUT2D eigenvalue weighted by Gasteiger charge is -2.04. The number of nitrogens with zero attached hydrogens (tertiary/aromatic N) is 7. The predicted octanol–water partition coefficient (Wildman–Crippen LogP) is -0.0744. The van der Waals surface area contributed by atoms with Crippen LogP contribution in [-0.4, -0.2) is 41.5 Å². The van der Waals surface area contributed by atoms with Gasteiger partial charge in [-0.2, -0.15) is 5.10 Å². The molecule has 0 aliphatic carbocycles. The van der Waals surface area contributed by atoms with E-state index in [0.29, 0.717) is 18.8 Å². The third-order valence-electron chi connectivity index (χ3n) is 2.30. The molecule has 98 valence electrons. The fourth-order valence-electron chi connectivity index (χ4n) is 1.49. The molecule has 0 saturated heterocycles. The van der Waals surface area contributed by atoms with Crippen molar-refractivity contribution in [2.45, 2.75) is 37.3 Å². The highest BCUT2D eigenvalue weighted by atomic mass is 32.2. The van der Waals surface area contributed by atoms with Crippen molar-refractivity contribution in [2.24, 2.45) is 5.73 Å². The monoisotopic (exact) mass is 268 g/mol. The van der Waals surface area contributed by atoms with Crippen LogP contribution >= 0.6 is 11.8 Å². The van der Waals surface area contributed by atoms with Crippen molar-refractivity contribution in [3.8, 4) is 0 Å². The number of nitrogens with two attached hydrogens (primary N) is 1. The maximum absolute atomic E-state index is 5.49. The van der Waals surface area contributed by atoms with Gasteiger partial charge in [0.05, 0.1) is 12.3 Å². The first-order valence-electron chi connectivity index (χ1n) is 5.80. The summed E-state index contributed by atoms with van der Waals surface area (Å²) in [7, 11) is 0. The highest BCUT2D eigenvalue weighted by Crippen LogP contribution is 2.18. The molecule has 2 heterocycles. The Morgan fingerprint density at radius 2 is 2.22 bits per heavy atom. The number of hydrogen-bond donors (Lipinski definition) is 1. The quantitative estimate of drug-likeness (QED) is 0.701. The van der Waals surface area contributed by atoms with Crippen molar-refractivity contribution < 1.29 is 0 Å². The van der Waals surface area contributed by atoms with Gasteiger partial charge in [0.15, 0.2) is 0 Å². The Bertz CT molecular complexity index is 434. The second-order valence-electron chi connectivity index (χ2n) is 3.66. The van der Waals surface area contributed by atoms with Crippen molar-refractivity contribution in [1.29, 1.82) is 0 Å². The van der Waals surface area contributed by atoms with Crippen molar-refractivity contribution in [3.05, 3.63) is 12.2 Å². The smallest absolute Gasteiger partial charge is 0.209 e. The van der Waals surface area contributed by atoms with E-state index in [1.807, 2.05) is 4.68 Å². The number of rotatable bonds is 7. The van der Waals surface area contributed by atoms with Crippen LogP contribution in [0.3, 0.4) is 0 Å². The van der Waals surface area contributed by atoms with Crippen molar-refractivity contribution in [2.75, 3.05) is 6.54 Å². The standard InChI is InChI=1S/C9H16N8S/c1-2-4-16-8(11-7-12-16)6-18-9-13-14-15-17(9)5-3-10/h7H,2-6,10H2,1H3. The second kappa shape index (κ2) is 6.45. The summed E-state index contributed by atoms with van der Waals surface area (Å²) in [4.78, 5) is 4.24. The third kappa shape index (κ3) is 3.05. The van der Waals surface area contributed by atoms with E-state index >= 15 is 0 Å². The van der Waals surface area contributed by atoms with Gasteiger partial charge in [0.1, 0.15) is 12.2 Å². The molecule has 0 spiro atoms. The molecule has 0 bridgehead atoms. The van der Waals surface area contributed by atoms with Crippen LogP contribution in [0.25, 0.3) is 0 Å². The molecule has 2 rings (SSSR count). The maximum Gasteiger partial charge on any atom is 0.209 e. The number of aromatic nitrogens is 7. The van der Waals surface area contributed by atoms with Crippen LogP contribution in [0.4, 0.5) is 0 Å². The minimum absolute atomic E-state index is 0.518. The number of hydrogen-bond acceptors (Lipinski definition) is 7. The zero-order valence-electron chi connectivity index (χ0n) is 10.2. The highest BCUT2D eigenvalue weighted by molar-refractivity contribution is 7.98. The highest BCUT2D eigenvalue weighted by Gasteiger charge is 2.09. The van der Waals surface area contributed by atoms with Gasteiger partial charge in [0.25, 0.3) is 0 Å². The Balaban J connectivity index is 1.98. The normalized spacial score (nSPS) is 11.0. The van der Waals surface area contributed by atoms with Crippen LogP contribution in [0, 0.1) is 0 Å². The lowest BCUT2D eigenvalue weighted by atomic mass is 10.5. The lowest BCUT2D eigenvalue weighted by Crippen LogP contribution is -2.12. The maximum atomic E-state index is 5.49. The van der Waals surface area contributed by atoms with Gasteiger partial charge >= 0.3 is 0 Å². The number of thioether (sulfide) groups is 1. The van der Waals surface area contributed by atoms with Crippen molar-refractivity contribution in [1.82, 2.24) is 35.0 Å². The van der Waals surface area contributed by atoms with E-state index in [2.05, 4.69) is 32.5 Å². The molecule has 0 aliphatic heterocycles. The van der Waals surface area contributed by atoms with Gasteiger partial charge in [0, 0.05) is 13.1 Å². The molecule has 0 aromatic carbocycles. The molecule has 18 heavy (non-hydrogen) atoms. The topological polar surface area (TPSA) is 100 Å². The summed E-state index contributed by atoms with van der Waals surface area (Å²) in [6.45, 7) is 4.13. The molecule has 0 fully saturated rings. The Hall–Kier alpha value is -1.48. The van der Waals surface area contributed by atoms with Gasteiger partial charge in [-0.05, 0) is 16.8 Å². The summed E-state index contributed by atoms with van der Waals surface area (Å²) in [6, 6.07) is 0. The Kier molecular flexibility index (Phi) is 4.65. The summed E-state index contributed by atoms with van der Waals surface area (Å²) in [6.07, 6.45) is 2.61. The van der Waals surface area contributed by atoms with E-state index in [-0.39, 0.29) is 0 Å². The first kappa shape index (κ1) is 13.0. The van der Waals surface area contributed by atoms with Crippen LogP contribution in [0.5, 0.6) is 0 Å². The molecule has 0 saturated carbocycles. The van der Waals surface area contributed by atoms with E-state index in [1.165, 1.54) is 11.8 Å². The summed E-state index contributed by atoms with van der Waals surface area (Å²) < 4.78 is 3.61. The molecule has 2 aromatic rings. The second-order valence-corrected chi connectivity index (χ2v) is 4.60. The van der Waals surface area contributed by atoms with Crippen LogP contribution in [0.1, 0.15) is 19.2 Å². The Labute approximate surface area is 109 Å². The zero-order chi connectivity index (χ0) is 12.8. The van der Waals surface area contributed by atoms with Crippen LogP contribution < -0.4 is 5.73 Å². The molecule has 0 amide bonds. The van der Waals surface area contributed by atoms with E-state index < -0.39 is 0 Å². The number of tetrazole rings is 1. The fourth-order valence-corrected chi connectivity index (χ4v) is 2.34. The molecular weight excluding hydrogens is 252 g/mol. The average Bonchev–Trinajstić information content (AvgIpc) is 2.97. The van der Waals surface area contributed by atoms with Gasteiger partial charge in [-0.25, -0.2) is 14.3 Å². The molecule has 0 aliphatic rings. The van der Waals surface area contributed by atoms with Gasteiger partial charge in [-0.15, -0.1) is 5.10 Å². The van der Waals surface area contributed by atoms with Crippen molar-refractivity contribution in [3.63, 3.8) is 0 Å². The summed E-state index contributed by atoms with van der Waals surface area (Å²) in [5, 5.41) is 16.4. The first-order valence-corrected chi connectivity index (χ1v) is 6.79. The average molecular weight is 268 g/mol. The SMILES string of the molecule is CCCn1ncnc1CSc1nnnn1CCN. The molecule has 8 nitrogen and oxygen atoms in total. The van der Waals surface area contributed by atoms with Gasteiger partial charge < -0.3 is 5.73 Å². The summed E-state index contributed by atoms with van der Waals surface area (Å²) >= 11 is 1.54. The van der Waals surface area contributed by atoms with Gasteiger partial charge in [-0.1, -0.05) is 18.7 Å². The largest absolute Gasteiger partial charge is 0.329 e. The fraction of sp³-hybridized carbons (Fsp3) is 0.667. The van der Waals surface area contributed by atoms with E-state index in [9.17, 15) is 0 Å². The van der Waals surface area contributed by atoms with Crippen LogP contribution in [0.2, 0.25) is 0 Å². The zero-order valence-corrected chi connectivity index (χ0v) is 11.0. The van der Waals surface area contributed by atoms with Gasteiger partial charge in [0.2, 0.25) is 5.16 Å². The van der Waals surface area contributed by atoms with Crippen molar-refractivity contribution >= 4 is 11.8 Å². The minimum atomic E-state index is 0.518. The van der Waals surface area contributed by atoms with Crippen LogP contribution in [-0.2, 0) is 18.8 Å². The number of aryl methyl sites for hydroxylation is 1. The van der Waals surface area contributed by atoms with E-state index in [4.69, 9.17) is 5.73 Å². The molecule has 0 atom stereocenters. The van der Waals surface area contributed by atoms with Gasteiger partial charge in [-0.3, -0.25) is 0 Å². The lowest BCUT2D eigenvalue weighted by molar-refractivity contribution is 0.556. The Morgan fingerprint density at radius 3 is 3.00 bits per heavy atom. The molecule has 0 radical (unpaired) electrons. The molecule has 9 heteroatoms. The molecule has 0 unspecified atom stereocenters. The summed E-state index contributed by atoms with van der Waals surface area (Å²) in [5.41, 5.74) is 5.49. The minimum Gasteiger partial charge on any atom is -0.329 e. The third-order valence-corrected chi connectivity index (χ3v) is 3.25. The molecule has 2 N–H and O–H groups in total. The van der Waals surface area contributed by atoms with E-state index in [1.54, 1.807) is 11.0 Å². The first-order chi connectivity index (χ1) is 8.85. The Morgan fingerprint density at radius 1 is 1.33 bits per heavy atom. The summed E-state index contributed by atoms with van der Waals surface area (Å²) in [5.74, 6) is 1.63. The predicted molar refractivity (Wildman–Crippen MR) is 66.7 cm³/mol. The van der Waals surface area contributed by atoms with E-state index in [0.717, 1.165) is 23.9 Å².